The molecule has 1 aliphatic heterocycles. The average molecular weight is 285 g/mol. The molecule has 0 saturated carbocycles. The third-order valence-electron chi connectivity index (χ3n) is 3.71. The van der Waals surface area contributed by atoms with Crippen LogP contribution < -0.4 is 0 Å². The fourth-order valence-electron chi connectivity index (χ4n) is 1.96. The van der Waals surface area contributed by atoms with E-state index in [1.54, 1.807) is 11.9 Å². The standard InChI is InChI=1S/C16H25F2NO/c1-7-13(10-12(2)15(3,4)5)16(17,18)14-11-20-9-8-19(14)6/h7,10,14H,1-2,8-9,11H2,3-6H3/b13-10+. The molecule has 1 atom stereocenters. The lowest BCUT2D eigenvalue weighted by atomic mass is 9.85. The first-order valence-corrected chi connectivity index (χ1v) is 6.80. The predicted octanol–water partition coefficient (Wildman–Crippen LogP) is 3.67. The van der Waals surface area contributed by atoms with Crippen LogP contribution in [0.5, 0.6) is 0 Å². The number of alkyl halides is 2. The topological polar surface area (TPSA) is 12.5 Å². The van der Waals surface area contributed by atoms with Crippen LogP contribution in [0.4, 0.5) is 8.78 Å². The molecule has 0 N–H and O–H groups in total. The quantitative estimate of drug-likeness (QED) is 0.731. The number of nitrogens with zero attached hydrogens (tertiary/aromatic N) is 1. The molecule has 1 saturated heterocycles. The maximum absolute atomic E-state index is 14.7. The van der Waals surface area contributed by atoms with Crippen molar-refractivity contribution < 1.29 is 13.5 Å². The van der Waals surface area contributed by atoms with Crippen LogP contribution >= 0.6 is 0 Å². The van der Waals surface area contributed by atoms with Crippen molar-refractivity contribution >= 4 is 0 Å². The predicted molar refractivity (Wildman–Crippen MR) is 79.1 cm³/mol. The van der Waals surface area contributed by atoms with Gasteiger partial charge in [0.2, 0.25) is 0 Å². The zero-order chi connectivity index (χ0) is 15.6. The van der Waals surface area contributed by atoms with Crippen LogP contribution in [0.3, 0.4) is 0 Å². The van der Waals surface area contributed by atoms with E-state index in [2.05, 4.69) is 13.2 Å². The Morgan fingerprint density at radius 2 is 1.95 bits per heavy atom. The number of likely N-dealkylation sites (N-methyl/N-ethyl adjacent to an activating group) is 1. The molecule has 0 spiro atoms. The molecule has 0 radical (unpaired) electrons. The second-order valence-corrected chi connectivity index (χ2v) is 6.27. The third kappa shape index (κ3) is 3.76. The summed E-state index contributed by atoms with van der Waals surface area (Å²) in [6.45, 7) is 14.3. The summed E-state index contributed by atoms with van der Waals surface area (Å²) in [4.78, 5) is 1.64. The molecule has 1 fully saturated rings. The Morgan fingerprint density at radius 1 is 1.35 bits per heavy atom. The Kier molecular flexibility index (Phi) is 5.27. The highest BCUT2D eigenvalue weighted by atomic mass is 19.3. The Balaban J connectivity index is 3.05. The molecule has 1 rings (SSSR count). The van der Waals surface area contributed by atoms with Crippen molar-refractivity contribution in [2.45, 2.75) is 32.7 Å². The van der Waals surface area contributed by atoms with Gasteiger partial charge in [-0.05, 0) is 24.1 Å². The first kappa shape index (κ1) is 17.1. The third-order valence-corrected chi connectivity index (χ3v) is 3.71. The highest BCUT2D eigenvalue weighted by Gasteiger charge is 2.45. The lowest BCUT2D eigenvalue weighted by molar-refractivity contribution is -0.105. The molecule has 0 amide bonds. The minimum atomic E-state index is -3.01. The zero-order valence-corrected chi connectivity index (χ0v) is 12.9. The summed E-state index contributed by atoms with van der Waals surface area (Å²) >= 11 is 0. The number of hydrogen-bond donors (Lipinski definition) is 0. The van der Waals surface area contributed by atoms with Crippen LogP contribution in [0, 0.1) is 5.41 Å². The van der Waals surface area contributed by atoms with Crippen LogP contribution in [0.15, 0.2) is 36.5 Å². The number of morpholine rings is 1. The molecule has 1 unspecified atom stereocenters. The normalized spacial score (nSPS) is 22.7. The first-order valence-electron chi connectivity index (χ1n) is 6.80. The van der Waals surface area contributed by atoms with E-state index in [9.17, 15) is 8.78 Å². The van der Waals surface area contributed by atoms with E-state index in [1.807, 2.05) is 20.8 Å². The van der Waals surface area contributed by atoms with Gasteiger partial charge in [0, 0.05) is 12.1 Å². The van der Waals surface area contributed by atoms with Crippen molar-refractivity contribution in [3.05, 3.63) is 36.5 Å². The van der Waals surface area contributed by atoms with Gasteiger partial charge in [0.05, 0.1) is 13.2 Å². The molecule has 0 aliphatic carbocycles. The summed E-state index contributed by atoms with van der Waals surface area (Å²) in [6, 6.07) is -0.965. The highest BCUT2D eigenvalue weighted by Crippen LogP contribution is 2.35. The lowest BCUT2D eigenvalue weighted by Crippen LogP contribution is -2.53. The monoisotopic (exact) mass is 285 g/mol. The summed E-state index contributed by atoms with van der Waals surface area (Å²) in [7, 11) is 1.69. The summed E-state index contributed by atoms with van der Waals surface area (Å²) in [5.41, 5.74) is 0.311. The Bertz CT molecular complexity index is 407. The molecule has 0 bridgehead atoms. The van der Waals surface area contributed by atoms with Crippen molar-refractivity contribution in [3.63, 3.8) is 0 Å². The fraction of sp³-hybridized carbons (Fsp3) is 0.625. The minimum Gasteiger partial charge on any atom is -0.378 e. The van der Waals surface area contributed by atoms with E-state index >= 15 is 0 Å². The SMILES string of the molecule is C=C/C(=C\C(=C)C(C)(C)C)C(F)(F)C1COCCN1C. The number of ether oxygens (including phenoxy) is 1. The van der Waals surface area contributed by atoms with Gasteiger partial charge in [0.15, 0.2) is 0 Å². The van der Waals surface area contributed by atoms with Gasteiger partial charge in [-0.2, -0.15) is 8.78 Å². The molecule has 114 valence electrons. The van der Waals surface area contributed by atoms with Gasteiger partial charge < -0.3 is 4.74 Å². The largest absolute Gasteiger partial charge is 0.378 e. The summed E-state index contributed by atoms with van der Waals surface area (Å²) < 4.78 is 34.5. The second-order valence-electron chi connectivity index (χ2n) is 6.27. The van der Waals surface area contributed by atoms with E-state index in [0.29, 0.717) is 18.7 Å². The summed E-state index contributed by atoms with van der Waals surface area (Å²) in [6.07, 6.45) is 2.68. The van der Waals surface area contributed by atoms with Crippen LogP contribution in [0.25, 0.3) is 0 Å². The number of halogens is 2. The van der Waals surface area contributed by atoms with E-state index in [1.165, 1.54) is 12.2 Å². The van der Waals surface area contributed by atoms with Crippen LogP contribution in [0.1, 0.15) is 20.8 Å². The highest BCUT2D eigenvalue weighted by molar-refractivity contribution is 5.36. The van der Waals surface area contributed by atoms with Crippen molar-refractivity contribution in [1.29, 1.82) is 0 Å². The maximum atomic E-state index is 14.7. The van der Waals surface area contributed by atoms with Gasteiger partial charge in [-0.1, -0.05) is 40.0 Å². The average Bonchev–Trinajstić information content (AvgIpc) is 2.34. The molecule has 20 heavy (non-hydrogen) atoms. The van der Waals surface area contributed by atoms with Gasteiger partial charge in [-0.3, -0.25) is 4.90 Å². The van der Waals surface area contributed by atoms with E-state index < -0.39 is 12.0 Å². The molecule has 4 heteroatoms. The van der Waals surface area contributed by atoms with E-state index in [-0.39, 0.29) is 17.6 Å². The number of allylic oxidation sites excluding steroid dienone is 3. The molecular weight excluding hydrogens is 260 g/mol. The van der Waals surface area contributed by atoms with Crippen molar-refractivity contribution in [1.82, 2.24) is 4.90 Å². The van der Waals surface area contributed by atoms with Gasteiger partial charge in [-0.15, -0.1) is 0 Å². The van der Waals surface area contributed by atoms with Crippen LogP contribution in [-0.4, -0.2) is 43.7 Å². The summed E-state index contributed by atoms with van der Waals surface area (Å²) in [5, 5.41) is 0. The lowest BCUT2D eigenvalue weighted by Gasteiger charge is -2.38. The van der Waals surface area contributed by atoms with Crippen molar-refractivity contribution in [2.75, 3.05) is 26.8 Å². The fourth-order valence-corrected chi connectivity index (χ4v) is 1.96. The molecule has 1 heterocycles. The number of rotatable bonds is 4. The van der Waals surface area contributed by atoms with Gasteiger partial charge in [0.1, 0.15) is 6.04 Å². The zero-order valence-electron chi connectivity index (χ0n) is 12.9. The summed E-state index contributed by atoms with van der Waals surface area (Å²) in [5.74, 6) is -3.01. The molecule has 2 nitrogen and oxygen atoms in total. The van der Waals surface area contributed by atoms with Gasteiger partial charge in [0.25, 0.3) is 5.92 Å². The Hall–Kier alpha value is -1.00. The molecule has 0 aromatic heterocycles. The smallest absolute Gasteiger partial charge is 0.290 e. The van der Waals surface area contributed by atoms with Crippen molar-refractivity contribution in [2.24, 2.45) is 5.41 Å². The van der Waals surface area contributed by atoms with Gasteiger partial charge >= 0.3 is 0 Å². The van der Waals surface area contributed by atoms with Gasteiger partial charge in [-0.25, -0.2) is 0 Å². The first-order chi connectivity index (χ1) is 9.10. The maximum Gasteiger partial charge on any atom is 0.290 e. The second kappa shape index (κ2) is 6.19. The molecule has 1 aliphatic rings. The molecule has 0 aromatic rings. The van der Waals surface area contributed by atoms with E-state index in [4.69, 9.17) is 4.74 Å². The Morgan fingerprint density at radius 3 is 2.40 bits per heavy atom. The van der Waals surface area contributed by atoms with E-state index in [0.717, 1.165) is 0 Å². The van der Waals surface area contributed by atoms with Crippen LogP contribution in [0.2, 0.25) is 0 Å². The molecule has 0 aromatic carbocycles. The van der Waals surface area contributed by atoms with Crippen molar-refractivity contribution in [3.8, 4) is 0 Å². The van der Waals surface area contributed by atoms with Crippen LogP contribution in [-0.2, 0) is 4.74 Å². The Labute approximate surface area is 120 Å². The molecular formula is C16H25F2NO. The number of hydrogen-bond acceptors (Lipinski definition) is 2. The minimum absolute atomic E-state index is 0.0245.